The van der Waals surface area contributed by atoms with Crippen LogP contribution in [0.4, 0.5) is 0 Å². The van der Waals surface area contributed by atoms with E-state index in [0.717, 1.165) is 43.4 Å². The number of methoxy groups -OCH3 is 2. The number of ether oxygens (including phenoxy) is 3. The lowest BCUT2D eigenvalue weighted by Crippen LogP contribution is -2.32. The molecule has 0 spiro atoms. The van der Waals surface area contributed by atoms with E-state index in [0.29, 0.717) is 29.5 Å². The van der Waals surface area contributed by atoms with Crippen molar-refractivity contribution in [3.63, 3.8) is 0 Å². The molecule has 1 amide bonds. The number of rotatable bonds is 9. The van der Waals surface area contributed by atoms with Crippen LogP contribution in [-0.4, -0.2) is 37.6 Å². The van der Waals surface area contributed by atoms with Gasteiger partial charge in [-0.05, 0) is 69.2 Å². The maximum Gasteiger partial charge on any atom is 0.308 e. The van der Waals surface area contributed by atoms with Crippen LogP contribution >= 0.6 is 0 Å². The molecule has 1 N–H and O–H groups in total. The van der Waals surface area contributed by atoms with Crippen LogP contribution in [0.15, 0.2) is 30.5 Å². The van der Waals surface area contributed by atoms with Gasteiger partial charge in [-0.15, -0.1) is 0 Å². The van der Waals surface area contributed by atoms with E-state index in [2.05, 4.69) is 16.4 Å². The summed E-state index contributed by atoms with van der Waals surface area (Å²) in [5.74, 6) is 0.906. The second kappa shape index (κ2) is 12.2. The third kappa shape index (κ3) is 6.50. The molecule has 1 aromatic carbocycles. The van der Waals surface area contributed by atoms with Gasteiger partial charge in [0, 0.05) is 23.4 Å². The van der Waals surface area contributed by atoms with E-state index in [1.54, 1.807) is 31.5 Å². The Morgan fingerprint density at radius 2 is 1.91 bits per heavy atom. The Morgan fingerprint density at radius 3 is 2.54 bits per heavy atom. The summed E-state index contributed by atoms with van der Waals surface area (Å²) >= 11 is 0. The Hall–Kier alpha value is -3.60. The standard InChI is InChI=1S/C27H33N3O5/c1-5-22-13-23(25(33-3)16-29-22)17(2)35-24-11-10-20(12-21(24)14-28)26(31)30-15-18-6-8-19(9-7-18)27(32)34-4/h10-13,16-19H,5-9,15H2,1-4H3,(H,30,31)/t17?,18-,19-. The molecule has 1 atom stereocenters. The van der Waals surface area contributed by atoms with Gasteiger partial charge in [-0.25, -0.2) is 0 Å². The summed E-state index contributed by atoms with van der Waals surface area (Å²) in [6.07, 6.45) is 5.36. The Labute approximate surface area is 206 Å². The van der Waals surface area contributed by atoms with Crippen LogP contribution in [0, 0.1) is 23.2 Å². The zero-order valence-electron chi connectivity index (χ0n) is 20.8. The van der Waals surface area contributed by atoms with Crippen LogP contribution in [0.1, 0.15) is 72.8 Å². The number of aromatic nitrogens is 1. The van der Waals surface area contributed by atoms with Gasteiger partial charge in [0.1, 0.15) is 23.7 Å². The Bertz CT molecular complexity index is 1090. The summed E-state index contributed by atoms with van der Waals surface area (Å²) in [5, 5.41) is 12.6. The SMILES string of the molecule is CCc1cc(C(C)Oc2ccc(C(=O)NC[C@H]3CC[C@H](C(=O)OC)CC3)cc2C#N)c(OC)cn1. The zero-order valence-corrected chi connectivity index (χ0v) is 20.8. The number of aryl methyl sites for hydroxylation is 1. The summed E-state index contributed by atoms with van der Waals surface area (Å²) in [5.41, 5.74) is 2.45. The second-order valence-electron chi connectivity index (χ2n) is 8.80. The normalized spacial score (nSPS) is 18.1. The summed E-state index contributed by atoms with van der Waals surface area (Å²) in [6, 6.07) is 8.93. The molecule has 1 aromatic heterocycles. The maximum absolute atomic E-state index is 12.7. The number of nitrogens with one attached hydrogen (secondary N) is 1. The number of hydrogen-bond acceptors (Lipinski definition) is 7. The number of amides is 1. The Morgan fingerprint density at radius 1 is 1.17 bits per heavy atom. The zero-order chi connectivity index (χ0) is 25.4. The van der Waals surface area contributed by atoms with E-state index >= 15 is 0 Å². The molecule has 1 saturated carbocycles. The van der Waals surface area contributed by atoms with Crippen LogP contribution in [0.2, 0.25) is 0 Å². The van der Waals surface area contributed by atoms with Gasteiger partial charge in [0.2, 0.25) is 0 Å². The quantitative estimate of drug-likeness (QED) is 0.532. The first kappa shape index (κ1) is 26.0. The molecule has 0 saturated heterocycles. The number of hydrogen-bond donors (Lipinski definition) is 1. The van der Waals surface area contributed by atoms with Crippen LogP contribution < -0.4 is 14.8 Å². The van der Waals surface area contributed by atoms with Crippen molar-refractivity contribution < 1.29 is 23.8 Å². The highest BCUT2D eigenvalue weighted by atomic mass is 16.5. The predicted octanol–water partition coefficient (Wildman–Crippen LogP) is 4.37. The molecule has 3 rings (SSSR count). The molecule has 1 aliphatic rings. The molecule has 0 radical (unpaired) electrons. The molecule has 2 aromatic rings. The molecular weight excluding hydrogens is 446 g/mol. The molecule has 1 unspecified atom stereocenters. The van der Waals surface area contributed by atoms with Crippen molar-refractivity contribution in [2.75, 3.05) is 20.8 Å². The van der Waals surface area contributed by atoms with Crippen molar-refractivity contribution in [1.29, 1.82) is 5.26 Å². The van der Waals surface area contributed by atoms with E-state index < -0.39 is 0 Å². The molecule has 0 bridgehead atoms. The molecule has 8 nitrogen and oxygen atoms in total. The minimum Gasteiger partial charge on any atom is -0.495 e. The third-order valence-electron chi connectivity index (χ3n) is 6.57. The van der Waals surface area contributed by atoms with Gasteiger partial charge in [0.05, 0.1) is 31.9 Å². The van der Waals surface area contributed by atoms with Crippen molar-refractivity contribution in [2.24, 2.45) is 11.8 Å². The lowest BCUT2D eigenvalue weighted by molar-refractivity contribution is -0.146. The number of carbonyl (C=O) groups is 2. The highest BCUT2D eigenvalue weighted by Crippen LogP contribution is 2.32. The molecule has 1 heterocycles. The van der Waals surface area contributed by atoms with Crippen LogP contribution in [0.3, 0.4) is 0 Å². The molecule has 1 aliphatic carbocycles. The van der Waals surface area contributed by atoms with Crippen molar-refractivity contribution in [1.82, 2.24) is 10.3 Å². The van der Waals surface area contributed by atoms with Gasteiger partial charge in [0.15, 0.2) is 0 Å². The van der Waals surface area contributed by atoms with Gasteiger partial charge in [0.25, 0.3) is 5.91 Å². The summed E-state index contributed by atoms with van der Waals surface area (Å²) in [7, 11) is 3.00. The van der Waals surface area contributed by atoms with Crippen molar-refractivity contribution in [2.45, 2.75) is 52.1 Å². The number of pyridine rings is 1. The molecule has 186 valence electrons. The van der Waals surface area contributed by atoms with Gasteiger partial charge in [-0.1, -0.05) is 6.92 Å². The minimum atomic E-state index is -0.384. The van der Waals surface area contributed by atoms with Gasteiger partial charge in [-0.2, -0.15) is 5.26 Å². The Kier molecular flexibility index (Phi) is 9.07. The lowest BCUT2D eigenvalue weighted by Gasteiger charge is -2.27. The van der Waals surface area contributed by atoms with E-state index in [4.69, 9.17) is 14.2 Å². The van der Waals surface area contributed by atoms with E-state index in [1.807, 2.05) is 19.9 Å². The molecule has 1 fully saturated rings. The minimum absolute atomic E-state index is 0.0410. The molecule has 8 heteroatoms. The monoisotopic (exact) mass is 479 g/mol. The predicted molar refractivity (Wildman–Crippen MR) is 130 cm³/mol. The summed E-state index contributed by atoms with van der Waals surface area (Å²) in [4.78, 5) is 28.8. The second-order valence-corrected chi connectivity index (χ2v) is 8.80. The molecule has 35 heavy (non-hydrogen) atoms. The van der Waals surface area contributed by atoms with Crippen LogP contribution in [-0.2, 0) is 16.0 Å². The first-order chi connectivity index (χ1) is 16.9. The molecule has 0 aliphatic heterocycles. The highest BCUT2D eigenvalue weighted by molar-refractivity contribution is 5.94. The van der Waals surface area contributed by atoms with Gasteiger partial charge < -0.3 is 19.5 Å². The smallest absolute Gasteiger partial charge is 0.308 e. The maximum atomic E-state index is 12.7. The lowest BCUT2D eigenvalue weighted by atomic mass is 9.82. The van der Waals surface area contributed by atoms with Crippen molar-refractivity contribution in [3.05, 3.63) is 52.8 Å². The van der Waals surface area contributed by atoms with Crippen molar-refractivity contribution in [3.8, 4) is 17.6 Å². The average Bonchev–Trinajstić information content (AvgIpc) is 2.91. The number of carbonyl (C=O) groups excluding carboxylic acids is 2. The summed E-state index contributed by atoms with van der Waals surface area (Å²) < 4.78 is 16.3. The molecular formula is C27H33N3O5. The fourth-order valence-electron chi connectivity index (χ4n) is 4.41. The highest BCUT2D eigenvalue weighted by Gasteiger charge is 2.27. The topological polar surface area (TPSA) is 111 Å². The Balaban J connectivity index is 1.63. The first-order valence-corrected chi connectivity index (χ1v) is 12.0. The largest absolute Gasteiger partial charge is 0.495 e. The van der Waals surface area contributed by atoms with E-state index in [9.17, 15) is 14.9 Å². The van der Waals surface area contributed by atoms with Crippen molar-refractivity contribution >= 4 is 11.9 Å². The van der Waals surface area contributed by atoms with Crippen LogP contribution in [0.25, 0.3) is 0 Å². The van der Waals surface area contributed by atoms with E-state index in [-0.39, 0.29) is 29.5 Å². The van der Waals surface area contributed by atoms with Gasteiger partial charge >= 0.3 is 5.97 Å². The number of benzene rings is 1. The number of nitriles is 1. The summed E-state index contributed by atoms with van der Waals surface area (Å²) in [6.45, 7) is 4.44. The fourth-order valence-corrected chi connectivity index (χ4v) is 4.41. The van der Waals surface area contributed by atoms with Gasteiger partial charge in [-0.3, -0.25) is 14.6 Å². The van der Waals surface area contributed by atoms with E-state index in [1.165, 1.54) is 7.11 Å². The average molecular weight is 480 g/mol. The number of nitrogens with zero attached hydrogens (tertiary/aromatic N) is 2. The third-order valence-corrected chi connectivity index (χ3v) is 6.57. The first-order valence-electron chi connectivity index (χ1n) is 12.0. The van der Waals surface area contributed by atoms with Crippen LogP contribution in [0.5, 0.6) is 11.5 Å². The fraction of sp³-hybridized carbons (Fsp3) is 0.481. The number of esters is 1.